The largest absolute Gasteiger partial charge is 0.865 e. The third-order valence-corrected chi connectivity index (χ3v) is 3.09. The quantitative estimate of drug-likeness (QED) is 0.351. The van der Waals surface area contributed by atoms with Crippen LogP contribution in [0.1, 0.15) is 5.56 Å². The molecule has 0 spiro atoms. The molecule has 4 amide bonds. The molecule has 2 rings (SSSR count). The minimum absolute atomic E-state index is 0.0365. The second kappa shape index (κ2) is 5.75. The first-order chi connectivity index (χ1) is 10.8. The number of rotatable bonds is 3. The molecule has 0 unspecified atom stereocenters. The van der Waals surface area contributed by atoms with E-state index in [0.29, 0.717) is 4.90 Å². The molecule has 0 saturated carbocycles. The third-order valence-electron chi connectivity index (χ3n) is 3.09. The van der Waals surface area contributed by atoms with Crippen LogP contribution in [0, 0.1) is 10.1 Å². The van der Waals surface area contributed by atoms with Crippen LogP contribution in [0.15, 0.2) is 17.7 Å². The van der Waals surface area contributed by atoms with Gasteiger partial charge in [-0.15, -0.1) is 0 Å². The number of nitro groups is 1. The van der Waals surface area contributed by atoms with Gasteiger partial charge in [0.1, 0.15) is 11.3 Å². The highest BCUT2D eigenvalue weighted by molar-refractivity contribution is 6.30. The van der Waals surface area contributed by atoms with Crippen molar-refractivity contribution in [3.8, 4) is 11.5 Å². The molecule has 1 aliphatic rings. The zero-order chi connectivity index (χ0) is 17.3. The number of nitrogens with one attached hydrogen (secondary N) is 1. The number of urea groups is 1. The number of hydrogen-bond acceptors (Lipinski definition) is 7. The minimum Gasteiger partial charge on any atom is -0.865 e. The van der Waals surface area contributed by atoms with Gasteiger partial charge < -0.3 is 9.84 Å². The zero-order valence-electron chi connectivity index (χ0n) is 12.0. The number of hydrogen-bond donors (Lipinski definition) is 1. The van der Waals surface area contributed by atoms with Crippen LogP contribution in [0.3, 0.4) is 0 Å². The summed E-state index contributed by atoms with van der Waals surface area (Å²) in [6.07, 6.45) is 1.04. The van der Waals surface area contributed by atoms with E-state index in [1.54, 1.807) is 0 Å². The molecule has 10 heteroatoms. The fourth-order valence-corrected chi connectivity index (χ4v) is 1.89. The van der Waals surface area contributed by atoms with Gasteiger partial charge in [-0.1, -0.05) is 0 Å². The van der Waals surface area contributed by atoms with E-state index < -0.39 is 39.8 Å². The molecular weight excluding hydrogens is 310 g/mol. The number of benzene rings is 1. The lowest BCUT2D eigenvalue weighted by Gasteiger charge is -2.22. The van der Waals surface area contributed by atoms with Gasteiger partial charge in [-0.25, -0.2) is 4.79 Å². The van der Waals surface area contributed by atoms with Gasteiger partial charge in [-0.3, -0.25) is 29.9 Å². The number of carbonyl (C=O) groups is 3. The van der Waals surface area contributed by atoms with Crippen molar-refractivity contribution in [3.05, 3.63) is 33.4 Å². The molecule has 1 fully saturated rings. The van der Waals surface area contributed by atoms with Gasteiger partial charge in [-0.05, 0) is 17.7 Å². The molecule has 0 aromatic heterocycles. The molecule has 1 aromatic carbocycles. The lowest BCUT2D eigenvalue weighted by molar-refractivity contribution is -0.398. The van der Waals surface area contributed by atoms with E-state index in [1.807, 2.05) is 5.32 Å². The highest BCUT2D eigenvalue weighted by Gasteiger charge is 2.33. The van der Waals surface area contributed by atoms with E-state index >= 15 is 0 Å². The number of nitro benzene ring substituents is 1. The molecule has 0 aliphatic carbocycles. The Morgan fingerprint density at radius 2 is 1.96 bits per heavy atom. The summed E-state index contributed by atoms with van der Waals surface area (Å²) in [5.41, 5.74) is -1.12. The highest BCUT2D eigenvalue weighted by atomic mass is 16.6. The Kier molecular flexibility index (Phi) is 3.99. The summed E-state index contributed by atoms with van der Waals surface area (Å²) < 4.78 is 4.76. The van der Waals surface area contributed by atoms with E-state index in [-0.39, 0.29) is 11.3 Å². The van der Waals surface area contributed by atoms with Gasteiger partial charge in [0.25, 0.3) is 17.5 Å². The van der Waals surface area contributed by atoms with E-state index in [4.69, 9.17) is 4.74 Å². The number of imide groups is 2. The maximum Gasteiger partial charge on any atom is 0.331 e. The molecule has 1 aliphatic heterocycles. The van der Waals surface area contributed by atoms with Crippen molar-refractivity contribution in [3.63, 3.8) is 0 Å². The predicted octanol–water partition coefficient (Wildman–Crippen LogP) is -0.231. The first kappa shape index (κ1) is 15.9. The van der Waals surface area contributed by atoms with Gasteiger partial charge in [0.15, 0.2) is 0 Å². The van der Waals surface area contributed by atoms with Crippen LogP contribution in [0.2, 0.25) is 0 Å². The van der Waals surface area contributed by atoms with Gasteiger partial charge in [0.2, 0.25) is 0 Å². The summed E-state index contributed by atoms with van der Waals surface area (Å²) in [6, 6.07) is 1.18. The standard InChI is InChI=1S/C13H11N3O7/c1-15-12(19)7(11(18)14-13(15)20)3-6-4-8(16(21)22)10(17)9(5-6)23-2/h3-5,17H,1-2H3,(H,14,18,20)/p-1/b7-3-. The van der Waals surface area contributed by atoms with Gasteiger partial charge in [0.05, 0.1) is 12.0 Å². The molecule has 1 saturated heterocycles. The summed E-state index contributed by atoms with van der Waals surface area (Å²) in [6.45, 7) is 0. The summed E-state index contributed by atoms with van der Waals surface area (Å²) in [5, 5.41) is 24.6. The average Bonchev–Trinajstić information content (AvgIpc) is 2.50. The third kappa shape index (κ3) is 2.81. The van der Waals surface area contributed by atoms with Crippen molar-refractivity contribution in [1.82, 2.24) is 10.2 Å². The zero-order valence-corrected chi connectivity index (χ0v) is 12.0. The number of amides is 4. The first-order valence-electron chi connectivity index (χ1n) is 6.14. The Bertz CT molecular complexity index is 769. The van der Waals surface area contributed by atoms with Crippen LogP contribution >= 0.6 is 0 Å². The smallest absolute Gasteiger partial charge is 0.331 e. The van der Waals surface area contributed by atoms with Crippen molar-refractivity contribution < 1.29 is 29.2 Å². The predicted molar refractivity (Wildman–Crippen MR) is 73.4 cm³/mol. The summed E-state index contributed by atoms with van der Waals surface area (Å²) in [7, 11) is 2.32. The van der Waals surface area contributed by atoms with Gasteiger partial charge >= 0.3 is 6.03 Å². The Balaban J connectivity index is 2.56. The highest BCUT2D eigenvalue weighted by Crippen LogP contribution is 2.35. The number of likely N-dealkylation sites (N-methyl/N-ethyl adjacent to an activating group) is 1. The summed E-state index contributed by atoms with van der Waals surface area (Å²) in [4.78, 5) is 45.6. The fourth-order valence-electron chi connectivity index (χ4n) is 1.89. The van der Waals surface area contributed by atoms with Crippen LogP contribution in [0.25, 0.3) is 6.08 Å². The number of methoxy groups -OCH3 is 1. The molecular formula is C13H10N3O7-. The van der Waals surface area contributed by atoms with E-state index in [1.165, 1.54) is 7.05 Å². The second-order valence-electron chi connectivity index (χ2n) is 4.51. The molecule has 1 N–H and O–H groups in total. The van der Waals surface area contributed by atoms with E-state index in [2.05, 4.69) is 0 Å². The molecule has 0 atom stereocenters. The number of carbonyl (C=O) groups excluding carboxylic acids is 3. The second-order valence-corrected chi connectivity index (χ2v) is 4.51. The maximum absolute atomic E-state index is 11.9. The number of ether oxygens (including phenoxy) is 1. The molecule has 0 bridgehead atoms. The van der Waals surface area contributed by atoms with E-state index in [0.717, 1.165) is 25.3 Å². The fraction of sp³-hybridized carbons (Fsp3) is 0.154. The number of nitrogens with zero attached hydrogens (tertiary/aromatic N) is 2. The van der Waals surface area contributed by atoms with E-state index in [9.17, 15) is 29.6 Å². The Hall–Kier alpha value is -3.43. The van der Waals surface area contributed by atoms with Crippen LogP contribution in [-0.4, -0.2) is 41.8 Å². The van der Waals surface area contributed by atoms with Crippen LogP contribution in [0.4, 0.5) is 10.5 Å². The molecule has 0 radical (unpaired) electrons. The Morgan fingerprint density at radius 1 is 1.30 bits per heavy atom. The monoisotopic (exact) mass is 320 g/mol. The van der Waals surface area contributed by atoms with Crippen molar-refractivity contribution in [1.29, 1.82) is 0 Å². The minimum atomic E-state index is -0.939. The van der Waals surface area contributed by atoms with Crippen LogP contribution < -0.4 is 15.2 Å². The molecule has 10 nitrogen and oxygen atoms in total. The Labute approximate surface area is 129 Å². The Morgan fingerprint density at radius 3 is 2.52 bits per heavy atom. The molecule has 120 valence electrons. The molecule has 1 heterocycles. The normalized spacial score (nSPS) is 16.5. The summed E-state index contributed by atoms with van der Waals surface area (Å²) in [5.74, 6) is -3.04. The van der Waals surface area contributed by atoms with Crippen molar-refractivity contribution in [2.24, 2.45) is 0 Å². The van der Waals surface area contributed by atoms with Crippen molar-refractivity contribution >= 4 is 29.6 Å². The number of barbiturate groups is 1. The van der Waals surface area contributed by atoms with Crippen molar-refractivity contribution in [2.45, 2.75) is 0 Å². The molecule has 23 heavy (non-hydrogen) atoms. The SMILES string of the molecule is COc1cc(/C=C2/C(=O)NC(=O)N(C)C2=O)cc([N+](=O)[O-])c1[O-]. The molecule has 1 aromatic rings. The maximum atomic E-state index is 11.9. The van der Waals surface area contributed by atoms with Crippen molar-refractivity contribution in [2.75, 3.05) is 14.2 Å². The van der Waals surface area contributed by atoms with Gasteiger partial charge in [0, 0.05) is 18.9 Å². The average molecular weight is 320 g/mol. The summed E-state index contributed by atoms with van der Waals surface area (Å²) >= 11 is 0. The van der Waals surface area contributed by atoms with Crippen LogP contribution in [0.5, 0.6) is 11.5 Å². The van der Waals surface area contributed by atoms with Gasteiger partial charge in [-0.2, -0.15) is 0 Å². The first-order valence-corrected chi connectivity index (χ1v) is 6.14. The lowest BCUT2D eigenvalue weighted by atomic mass is 10.1. The lowest BCUT2D eigenvalue weighted by Crippen LogP contribution is -2.52. The van der Waals surface area contributed by atoms with Crippen LogP contribution in [-0.2, 0) is 9.59 Å². The topological polar surface area (TPSA) is 142 Å².